The van der Waals surface area contributed by atoms with Gasteiger partial charge in [-0.05, 0) is 12.5 Å². The number of halogens is 3. The maximum Gasteiger partial charge on any atom is 0.130 e. The lowest BCUT2D eigenvalue weighted by atomic mass is 10.0. The number of nitrogens with two attached hydrogens (primary N) is 1. The fourth-order valence-corrected chi connectivity index (χ4v) is 1.57. The predicted molar refractivity (Wildman–Crippen MR) is 64.7 cm³/mol. The van der Waals surface area contributed by atoms with Crippen molar-refractivity contribution < 1.29 is 8.78 Å². The largest absolute Gasteiger partial charge is 0.324 e. The monoisotopic (exact) mass is 249 g/mol. The molecule has 0 aliphatic rings. The van der Waals surface area contributed by atoms with Gasteiger partial charge in [0.15, 0.2) is 0 Å². The van der Waals surface area contributed by atoms with Crippen LogP contribution in [0.1, 0.15) is 44.2 Å². The van der Waals surface area contributed by atoms with Gasteiger partial charge in [0, 0.05) is 17.7 Å². The Kier molecular flexibility index (Phi) is 7.26. The van der Waals surface area contributed by atoms with Crippen molar-refractivity contribution in [3.63, 3.8) is 0 Å². The van der Waals surface area contributed by atoms with Gasteiger partial charge in [0.25, 0.3) is 0 Å². The molecule has 0 radical (unpaired) electrons. The molecule has 4 heteroatoms. The zero-order valence-electron chi connectivity index (χ0n) is 9.38. The molecule has 0 amide bonds. The molecule has 0 saturated heterocycles. The number of rotatable bonds is 5. The van der Waals surface area contributed by atoms with Gasteiger partial charge in [0.1, 0.15) is 11.6 Å². The van der Waals surface area contributed by atoms with Gasteiger partial charge in [0.2, 0.25) is 0 Å². The third-order valence-electron chi connectivity index (χ3n) is 2.48. The van der Waals surface area contributed by atoms with Gasteiger partial charge in [0.05, 0.1) is 0 Å². The Balaban J connectivity index is 0.00000225. The van der Waals surface area contributed by atoms with Crippen molar-refractivity contribution in [1.82, 2.24) is 0 Å². The van der Waals surface area contributed by atoms with Crippen molar-refractivity contribution in [3.8, 4) is 0 Å². The number of hydrogen-bond acceptors (Lipinski definition) is 1. The van der Waals surface area contributed by atoms with E-state index in [2.05, 4.69) is 6.92 Å². The highest BCUT2D eigenvalue weighted by molar-refractivity contribution is 5.85. The molecule has 0 aromatic heterocycles. The van der Waals surface area contributed by atoms with Gasteiger partial charge in [-0.15, -0.1) is 12.4 Å². The highest BCUT2D eigenvalue weighted by Gasteiger charge is 2.11. The summed E-state index contributed by atoms with van der Waals surface area (Å²) in [4.78, 5) is 0. The summed E-state index contributed by atoms with van der Waals surface area (Å²) in [6.45, 7) is 2.10. The molecular weight excluding hydrogens is 232 g/mol. The van der Waals surface area contributed by atoms with E-state index in [-0.39, 0.29) is 18.4 Å². The summed E-state index contributed by atoms with van der Waals surface area (Å²) in [7, 11) is 0. The summed E-state index contributed by atoms with van der Waals surface area (Å²) in [5.74, 6) is -1.10. The second-order valence-electron chi connectivity index (χ2n) is 3.77. The molecule has 1 atom stereocenters. The lowest BCUT2D eigenvalue weighted by molar-refractivity contribution is 0.527. The van der Waals surface area contributed by atoms with Crippen molar-refractivity contribution in [2.24, 2.45) is 5.73 Å². The van der Waals surface area contributed by atoms with Crippen molar-refractivity contribution in [2.45, 2.75) is 38.6 Å². The normalized spacial score (nSPS) is 12.0. The first kappa shape index (κ1) is 15.3. The van der Waals surface area contributed by atoms with E-state index in [1.807, 2.05) is 0 Å². The van der Waals surface area contributed by atoms with Crippen LogP contribution in [0.2, 0.25) is 0 Å². The molecule has 0 bridgehead atoms. The Morgan fingerprint density at radius 3 is 2.50 bits per heavy atom. The average molecular weight is 250 g/mol. The van der Waals surface area contributed by atoms with Crippen LogP contribution in [-0.4, -0.2) is 0 Å². The van der Waals surface area contributed by atoms with E-state index in [0.717, 1.165) is 31.7 Å². The SMILES string of the molecule is CCCCCC(N)c1ccc(F)cc1F.Cl. The number of benzene rings is 1. The Morgan fingerprint density at radius 2 is 1.94 bits per heavy atom. The molecule has 1 aromatic rings. The molecule has 2 N–H and O–H groups in total. The second-order valence-corrected chi connectivity index (χ2v) is 3.77. The molecule has 0 spiro atoms. The average Bonchev–Trinajstić information content (AvgIpc) is 2.17. The van der Waals surface area contributed by atoms with Gasteiger partial charge >= 0.3 is 0 Å². The number of hydrogen-bond donors (Lipinski definition) is 1. The summed E-state index contributed by atoms with van der Waals surface area (Å²) in [5, 5.41) is 0. The summed E-state index contributed by atoms with van der Waals surface area (Å²) in [5.41, 5.74) is 6.23. The molecule has 0 fully saturated rings. The lowest BCUT2D eigenvalue weighted by Gasteiger charge is -2.12. The van der Waals surface area contributed by atoms with Crippen LogP contribution < -0.4 is 5.73 Å². The standard InChI is InChI=1S/C12H17F2N.ClH/c1-2-3-4-5-12(15)10-7-6-9(13)8-11(10)14;/h6-8,12H,2-5,15H2,1H3;1H. The van der Waals surface area contributed by atoms with Crippen LogP contribution in [0.5, 0.6) is 0 Å². The first-order valence-corrected chi connectivity index (χ1v) is 5.35. The maximum absolute atomic E-state index is 13.3. The molecule has 0 heterocycles. The lowest BCUT2D eigenvalue weighted by Crippen LogP contribution is -2.12. The topological polar surface area (TPSA) is 26.0 Å². The van der Waals surface area contributed by atoms with Crippen molar-refractivity contribution >= 4 is 12.4 Å². The highest BCUT2D eigenvalue weighted by atomic mass is 35.5. The van der Waals surface area contributed by atoms with E-state index in [4.69, 9.17) is 5.73 Å². The molecule has 16 heavy (non-hydrogen) atoms. The van der Waals surface area contributed by atoms with Crippen LogP contribution in [-0.2, 0) is 0 Å². The van der Waals surface area contributed by atoms with Crippen LogP contribution in [0.4, 0.5) is 8.78 Å². The van der Waals surface area contributed by atoms with Gasteiger partial charge < -0.3 is 5.73 Å². The first-order valence-electron chi connectivity index (χ1n) is 5.35. The smallest absolute Gasteiger partial charge is 0.130 e. The minimum absolute atomic E-state index is 0. The summed E-state index contributed by atoms with van der Waals surface area (Å²) in [6.07, 6.45) is 3.93. The van der Waals surface area contributed by atoms with Crippen LogP contribution >= 0.6 is 12.4 Å². The van der Waals surface area contributed by atoms with Gasteiger partial charge in [-0.1, -0.05) is 32.3 Å². The van der Waals surface area contributed by atoms with Gasteiger partial charge in [-0.2, -0.15) is 0 Å². The molecular formula is C12H18ClF2N. The highest BCUT2D eigenvalue weighted by Crippen LogP contribution is 2.20. The Morgan fingerprint density at radius 1 is 1.25 bits per heavy atom. The molecule has 1 rings (SSSR count). The Labute approximate surface area is 101 Å². The van der Waals surface area contributed by atoms with Crippen molar-refractivity contribution in [2.75, 3.05) is 0 Å². The first-order chi connectivity index (χ1) is 7.15. The molecule has 0 saturated carbocycles. The van der Waals surface area contributed by atoms with Crippen LogP contribution in [0.15, 0.2) is 18.2 Å². The maximum atomic E-state index is 13.3. The molecule has 1 unspecified atom stereocenters. The summed E-state index contributed by atoms with van der Waals surface area (Å²) < 4.78 is 25.9. The zero-order valence-corrected chi connectivity index (χ0v) is 10.2. The van der Waals surface area contributed by atoms with E-state index >= 15 is 0 Å². The van der Waals surface area contributed by atoms with Crippen LogP contribution in [0.3, 0.4) is 0 Å². The van der Waals surface area contributed by atoms with Gasteiger partial charge in [-0.25, -0.2) is 8.78 Å². The molecule has 0 aliphatic carbocycles. The Hall–Kier alpha value is -0.670. The van der Waals surface area contributed by atoms with Crippen molar-refractivity contribution in [3.05, 3.63) is 35.4 Å². The van der Waals surface area contributed by atoms with E-state index < -0.39 is 11.6 Å². The molecule has 92 valence electrons. The minimum Gasteiger partial charge on any atom is -0.324 e. The van der Waals surface area contributed by atoms with Crippen LogP contribution in [0.25, 0.3) is 0 Å². The van der Waals surface area contributed by atoms with Gasteiger partial charge in [-0.3, -0.25) is 0 Å². The van der Waals surface area contributed by atoms with E-state index in [9.17, 15) is 8.78 Å². The third kappa shape index (κ3) is 4.45. The summed E-state index contributed by atoms with van der Waals surface area (Å²) >= 11 is 0. The predicted octanol–water partition coefficient (Wildman–Crippen LogP) is 3.97. The number of unbranched alkanes of at least 4 members (excludes halogenated alkanes) is 2. The fourth-order valence-electron chi connectivity index (χ4n) is 1.57. The molecule has 1 nitrogen and oxygen atoms in total. The summed E-state index contributed by atoms with van der Waals surface area (Å²) in [6, 6.07) is 3.24. The Bertz CT molecular complexity index is 318. The molecule has 0 aliphatic heterocycles. The minimum atomic E-state index is -0.558. The second kappa shape index (κ2) is 7.58. The van der Waals surface area contributed by atoms with E-state index in [1.54, 1.807) is 0 Å². The fraction of sp³-hybridized carbons (Fsp3) is 0.500. The van der Waals surface area contributed by atoms with Crippen LogP contribution in [0, 0.1) is 11.6 Å². The van der Waals surface area contributed by atoms with E-state index in [0.29, 0.717) is 5.56 Å². The molecule has 1 aromatic carbocycles. The van der Waals surface area contributed by atoms with Crippen molar-refractivity contribution in [1.29, 1.82) is 0 Å². The quantitative estimate of drug-likeness (QED) is 0.786. The van der Waals surface area contributed by atoms with E-state index in [1.165, 1.54) is 12.1 Å². The third-order valence-corrected chi connectivity index (χ3v) is 2.48. The zero-order chi connectivity index (χ0) is 11.3.